The minimum atomic E-state index is -0.188. The number of carbonyl (C=O) groups is 1. The van der Waals surface area contributed by atoms with Crippen molar-refractivity contribution in [1.82, 2.24) is 30.1 Å². The maximum absolute atomic E-state index is 12.6. The van der Waals surface area contributed by atoms with E-state index in [0.717, 1.165) is 63.4 Å². The Morgan fingerprint density at radius 2 is 1.72 bits per heavy atom. The topological polar surface area (TPSA) is 115 Å². The van der Waals surface area contributed by atoms with Crippen LogP contribution in [0.1, 0.15) is 29.6 Å². The van der Waals surface area contributed by atoms with Gasteiger partial charge in [-0.25, -0.2) is 4.98 Å². The summed E-state index contributed by atoms with van der Waals surface area (Å²) in [6, 6.07) is 17.0. The van der Waals surface area contributed by atoms with Crippen LogP contribution in [0.3, 0.4) is 0 Å². The van der Waals surface area contributed by atoms with E-state index in [1.165, 1.54) is 19.3 Å². The van der Waals surface area contributed by atoms with Crippen LogP contribution in [0.15, 0.2) is 79.4 Å². The Morgan fingerprint density at radius 1 is 0.872 bits per heavy atom. The molecule has 3 N–H and O–H groups in total. The molecule has 0 atom stereocenters. The molecule has 1 aromatic carbocycles. The first kappa shape index (κ1) is 23.1. The maximum atomic E-state index is 12.6. The van der Waals surface area contributed by atoms with E-state index in [0.29, 0.717) is 11.3 Å². The van der Waals surface area contributed by atoms with E-state index in [9.17, 15) is 4.79 Å². The molecule has 6 aromatic rings. The summed E-state index contributed by atoms with van der Waals surface area (Å²) in [5, 5.41) is 11.8. The fourth-order valence-electron chi connectivity index (χ4n) is 5.24. The number of H-pyrrole nitrogens is 2. The maximum Gasteiger partial charge on any atom is 0.255 e. The molecular formula is C30H26N8O. The highest BCUT2D eigenvalue weighted by Crippen LogP contribution is 2.34. The number of anilines is 2. The molecule has 5 aromatic heterocycles. The van der Waals surface area contributed by atoms with Gasteiger partial charge in [0.05, 0.1) is 52.4 Å². The number of rotatable bonds is 5. The molecule has 9 nitrogen and oxygen atoms in total. The summed E-state index contributed by atoms with van der Waals surface area (Å²) in [7, 11) is 0. The number of carbonyl (C=O) groups excluding carboxylic acids is 1. The molecule has 0 bridgehead atoms. The summed E-state index contributed by atoms with van der Waals surface area (Å²) in [6.07, 6.45) is 10.9. The first-order chi connectivity index (χ1) is 19.2. The fourth-order valence-corrected chi connectivity index (χ4v) is 5.24. The third kappa shape index (κ3) is 4.37. The number of piperidine rings is 1. The molecule has 0 spiro atoms. The molecule has 1 amide bonds. The number of fused-ring (bicyclic) bond motifs is 2. The zero-order chi connectivity index (χ0) is 26.2. The molecule has 39 heavy (non-hydrogen) atoms. The number of amides is 1. The SMILES string of the molecule is O=C(Nc1cncc(-c2ccc3[nH]nc(-c4cc5c(N6CCCCC6)cncc5[nH]4)c3n2)c1)c1ccccc1. The predicted molar refractivity (Wildman–Crippen MR) is 153 cm³/mol. The molecular weight excluding hydrogens is 488 g/mol. The van der Waals surface area contributed by atoms with E-state index in [2.05, 4.69) is 41.4 Å². The van der Waals surface area contributed by atoms with E-state index in [1.807, 2.05) is 48.8 Å². The first-order valence-electron chi connectivity index (χ1n) is 13.1. The van der Waals surface area contributed by atoms with E-state index in [4.69, 9.17) is 4.98 Å². The van der Waals surface area contributed by atoms with Gasteiger partial charge in [-0.2, -0.15) is 5.10 Å². The molecule has 9 heteroatoms. The summed E-state index contributed by atoms with van der Waals surface area (Å²) in [6.45, 7) is 2.10. The van der Waals surface area contributed by atoms with Crippen LogP contribution in [-0.4, -0.2) is 49.1 Å². The lowest BCUT2D eigenvalue weighted by Crippen LogP contribution is -2.29. The van der Waals surface area contributed by atoms with Gasteiger partial charge in [0, 0.05) is 35.8 Å². The lowest BCUT2D eigenvalue weighted by molar-refractivity contribution is 0.102. The van der Waals surface area contributed by atoms with Crippen LogP contribution in [0.2, 0.25) is 0 Å². The molecule has 6 heterocycles. The van der Waals surface area contributed by atoms with Gasteiger partial charge >= 0.3 is 0 Å². The number of nitrogens with zero attached hydrogens (tertiary/aromatic N) is 5. The Bertz CT molecular complexity index is 1800. The monoisotopic (exact) mass is 514 g/mol. The van der Waals surface area contributed by atoms with E-state index in [1.54, 1.807) is 24.5 Å². The molecule has 0 aliphatic carbocycles. The number of hydrogen-bond donors (Lipinski definition) is 3. The number of aromatic amines is 2. The second-order valence-electron chi connectivity index (χ2n) is 9.80. The molecule has 0 unspecified atom stereocenters. The van der Waals surface area contributed by atoms with Gasteiger partial charge < -0.3 is 15.2 Å². The van der Waals surface area contributed by atoms with Crippen molar-refractivity contribution in [2.45, 2.75) is 19.3 Å². The Morgan fingerprint density at radius 3 is 2.59 bits per heavy atom. The molecule has 1 aliphatic rings. The fraction of sp³-hybridized carbons (Fsp3) is 0.167. The van der Waals surface area contributed by atoms with Gasteiger partial charge in [-0.15, -0.1) is 0 Å². The van der Waals surface area contributed by atoms with E-state index >= 15 is 0 Å². The smallest absolute Gasteiger partial charge is 0.255 e. The number of benzene rings is 1. The van der Waals surface area contributed by atoms with Crippen LogP contribution in [-0.2, 0) is 0 Å². The second kappa shape index (κ2) is 9.68. The first-order valence-corrected chi connectivity index (χ1v) is 13.1. The van der Waals surface area contributed by atoms with Crippen molar-refractivity contribution in [2.24, 2.45) is 0 Å². The quantitative estimate of drug-likeness (QED) is 0.268. The largest absolute Gasteiger partial charge is 0.370 e. The Balaban J connectivity index is 1.22. The highest BCUT2D eigenvalue weighted by atomic mass is 16.1. The van der Waals surface area contributed by atoms with Crippen molar-refractivity contribution >= 4 is 39.2 Å². The summed E-state index contributed by atoms with van der Waals surface area (Å²) < 4.78 is 0. The molecule has 192 valence electrons. The lowest BCUT2D eigenvalue weighted by Gasteiger charge is -2.28. The van der Waals surface area contributed by atoms with Crippen LogP contribution in [0, 0.1) is 0 Å². The van der Waals surface area contributed by atoms with Gasteiger partial charge in [0.25, 0.3) is 5.91 Å². The van der Waals surface area contributed by atoms with Crippen molar-refractivity contribution < 1.29 is 4.79 Å². The van der Waals surface area contributed by atoms with Gasteiger partial charge in [-0.3, -0.25) is 19.9 Å². The van der Waals surface area contributed by atoms with Crippen molar-refractivity contribution in [3.05, 3.63) is 84.9 Å². The highest BCUT2D eigenvalue weighted by Gasteiger charge is 2.18. The summed E-state index contributed by atoms with van der Waals surface area (Å²) in [4.78, 5) is 32.3. The molecule has 1 fully saturated rings. The van der Waals surface area contributed by atoms with Crippen LogP contribution < -0.4 is 10.2 Å². The number of hydrogen-bond acceptors (Lipinski definition) is 6. The molecule has 0 radical (unpaired) electrons. The van der Waals surface area contributed by atoms with Gasteiger partial charge in [0.15, 0.2) is 0 Å². The normalized spacial score (nSPS) is 13.7. The Labute approximate surface area is 224 Å². The third-order valence-electron chi connectivity index (χ3n) is 7.21. The van der Waals surface area contributed by atoms with E-state index < -0.39 is 0 Å². The minimum absolute atomic E-state index is 0.188. The van der Waals surface area contributed by atoms with Gasteiger partial charge in [-0.05, 0) is 55.7 Å². The number of aromatic nitrogens is 6. The van der Waals surface area contributed by atoms with Crippen molar-refractivity contribution in [3.63, 3.8) is 0 Å². The van der Waals surface area contributed by atoms with Gasteiger partial charge in [0.1, 0.15) is 11.2 Å². The average molecular weight is 515 g/mol. The summed E-state index contributed by atoms with van der Waals surface area (Å²) in [5.41, 5.74) is 8.07. The summed E-state index contributed by atoms with van der Waals surface area (Å²) >= 11 is 0. The number of pyridine rings is 3. The van der Waals surface area contributed by atoms with Crippen molar-refractivity contribution in [3.8, 4) is 22.6 Å². The molecule has 7 rings (SSSR count). The zero-order valence-corrected chi connectivity index (χ0v) is 21.2. The zero-order valence-electron chi connectivity index (χ0n) is 21.2. The Hall–Kier alpha value is -5.05. The van der Waals surface area contributed by atoms with Crippen LogP contribution in [0.25, 0.3) is 44.6 Å². The Kier molecular flexibility index (Phi) is 5.73. The third-order valence-corrected chi connectivity index (χ3v) is 7.21. The second-order valence-corrected chi connectivity index (χ2v) is 9.80. The van der Waals surface area contributed by atoms with Crippen molar-refractivity contribution in [2.75, 3.05) is 23.3 Å². The lowest BCUT2D eigenvalue weighted by atomic mass is 10.1. The van der Waals surface area contributed by atoms with Gasteiger partial charge in [0.2, 0.25) is 0 Å². The predicted octanol–water partition coefficient (Wildman–Crippen LogP) is 5.81. The van der Waals surface area contributed by atoms with Crippen LogP contribution in [0.4, 0.5) is 11.4 Å². The van der Waals surface area contributed by atoms with Gasteiger partial charge in [-0.1, -0.05) is 18.2 Å². The van der Waals surface area contributed by atoms with Crippen molar-refractivity contribution in [1.29, 1.82) is 0 Å². The molecule has 1 saturated heterocycles. The minimum Gasteiger partial charge on any atom is -0.370 e. The standard InChI is InChI=1S/C30H26N8O/c39-30(19-7-3-1-4-8-19)33-21-13-20(15-31-16-21)23-9-10-24-28(35-23)29(37-36-24)25-14-22-26(34-25)17-32-18-27(22)38-11-5-2-6-12-38/h1,3-4,7-10,13-18,34H,2,5-6,11-12H2,(H,33,39)(H,36,37). The average Bonchev–Trinajstić information content (AvgIpc) is 3.62. The summed E-state index contributed by atoms with van der Waals surface area (Å²) in [5.74, 6) is -0.188. The van der Waals surface area contributed by atoms with Crippen LogP contribution in [0.5, 0.6) is 0 Å². The molecule has 0 saturated carbocycles. The number of nitrogens with one attached hydrogen (secondary N) is 3. The van der Waals surface area contributed by atoms with E-state index in [-0.39, 0.29) is 5.91 Å². The van der Waals surface area contributed by atoms with Crippen LogP contribution >= 0.6 is 0 Å². The molecule has 1 aliphatic heterocycles. The highest BCUT2D eigenvalue weighted by molar-refractivity contribution is 6.04.